The van der Waals surface area contributed by atoms with Gasteiger partial charge in [-0.1, -0.05) is 47.8 Å². The van der Waals surface area contributed by atoms with Gasteiger partial charge in [0.25, 0.3) is 0 Å². The molecule has 0 saturated carbocycles. The number of para-hydroxylation sites is 1. The number of rotatable bonds is 8. The van der Waals surface area contributed by atoms with Crippen LogP contribution in [0.25, 0.3) is 20.4 Å². The summed E-state index contributed by atoms with van der Waals surface area (Å²) in [6.07, 6.45) is 0. The second-order valence-electron chi connectivity index (χ2n) is 8.03. The largest absolute Gasteiger partial charge is 0.325 e. The summed E-state index contributed by atoms with van der Waals surface area (Å²) in [5.41, 5.74) is 5.59. The molecule has 10 heteroatoms. The molecule has 0 fully saturated rings. The van der Waals surface area contributed by atoms with Gasteiger partial charge in [-0.05, 0) is 61.4 Å². The van der Waals surface area contributed by atoms with Crippen LogP contribution in [-0.2, 0) is 9.59 Å². The van der Waals surface area contributed by atoms with Gasteiger partial charge < -0.3 is 10.6 Å². The van der Waals surface area contributed by atoms with Crippen molar-refractivity contribution in [2.24, 2.45) is 0 Å². The maximum Gasteiger partial charge on any atom is 0.234 e. The van der Waals surface area contributed by atoms with E-state index >= 15 is 0 Å². The van der Waals surface area contributed by atoms with Gasteiger partial charge in [0.15, 0.2) is 8.68 Å². The molecule has 6 nitrogen and oxygen atoms in total. The Hall–Kier alpha value is -2.92. The summed E-state index contributed by atoms with van der Waals surface area (Å²) in [7, 11) is 0. The van der Waals surface area contributed by atoms with Gasteiger partial charge in [-0.15, -0.1) is 22.7 Å². The quantitative estimate of drug-likeness (QED) is 0.203. The number of nitrogens with zero attached hydrogens (tertiary/aromatic N) is 2. The minimum Gasteiger partial charge on any atom is -0.325 e. The lowest BCUT2D eigenvalue weighted by atomic mass is 10.1. The van der Waals surface area contributed by atoms with Crippen LogP contribution in [0.1, 0.15) is 11.1 Å². The van der Waals surface area contributed by atoms with Crippen molar-refractivity contribution < 1.29 is 9.59 Å². The number of nitrogens with one attached hydrogen (secondary N) is 2. The van der Waals surface area contributed by atoms with Crippen LogP contribution < -0.4 is 10.6 Å². The maximum absolute atomic E-state index is 12.5. The van der Waals surface area contributed by atoms with Gasteiger partial charge in [-0.3, -0.25) is 9.59 Å². The summed E-state index contributed by atoms with van der Waals surface area (Å²) >= 11 is 5.95. The van der Waals surface area contributed by atoms with Crippen LogP contribution in [-0.4, -0.2) is 33.3 Å². The van der Waals surface area contributed by atoms with E-state index in [2.05, 4.69) is 20.6 Å². The number of aryl methyl sites for hydroxylation is 1. The zero-order chi connectivity index (χ0) is 25.1. The minimum absolute atomic E-state index is 0.0634. The number of benzene rings is 3. The Bertz CT molecular complexity index is 1540. The number of amides is 2. The molecule has 0 aliphatic rings. The average molecular weight is 551 g/mol. The molecule has 2 aromatic heterocycles. The van der Waals surface area contributed by atoms with Crippen molar-refractivity contribution in [3.05, 3.63) is 71.8 Å². The summed E-state index contributed by atoms with van der Waals surface area (Å²) in [6, 6.07) is 19.5. The Morgan fingerprint density at radius 3 is 2.19 bits per heavy atom. The Kier molecular flexibility index (Phi) is 7.56. The molecule has 0 spiro atoms. The summed E-state index contributed by atoms with van der Waals surface area (Å²) in [6.45, 7) is 4.03. The number of aromatic nitrogens is 2. The molecule has 0 unspecified atom stereocenters. The number of hydrogen-bond donors (Lipinski definition) is 2. The molecule has 0 atom stereocenters. The summed E-state index contributed by atoms with van der Waals surface area (Å²) in [5.74, 6) is 0.420. The molecule has 0 radical (unpaired) electrons. The highest BCUT2D eigenvalue weighted by Crippen LogP contribution is 2.32. The number of carbonyl (C=O) groups is 2. The summed E-state index contributed by atoms with van der Waals surface area (Å²) in [4.78, 5) is 34.1. The lowest BCUT2D eigenvalue weighted by Gasteiger charge is -2.09. The highest BCUT2D eigenvalue weighted by atomic mass is 32.2. The average Bonchev–Trinajstić information content (AvgIpc) is 3.47. The summed E-state index contributed by atoms with van der Waals surface area (Å²) < 4.78 is 3.78. The molecular weight excluding hydrogens is 529 g/mol. The van der Waals surface area contributed by atoms with Gasteiger partial charge in [0.1, 0.15) is 0 Å². The van der Waals surface area contributed by atoms with Gasteiger partial charge in [-0.25, -0.2) is 9.97 Å². The first-order chi connectivity index (χ1) is 17.4. The Balaban J connectivity index is 1.15. The minimum atomic E-state index is -0.0826. The molecule has 2 amide bonds. The third-order valence-electron chi connectivity index (χ3n) is 5.46. The predicted octanol–water partition coefficient (Wildman–Crippen LogP) is 6.98. The van der Waals surface area contributed by atoms with Gasteiger partial charge in [0.2, 0.25) is 11.8 Å². The Morgan fingerprint density at radius 2 is 1.44 bits per heavy atom. The molecule has 0 saturated heterocycles. The van der Waals surface area contributed by atoms with Crippen molar-refractivity contribution in [2.45, 2.75) is 22.5 Å². The van der Waals surface area contributed by atoms with Gasteiger partial charge >= 0.3 is 0 Å². The standard InChI is InChI=1S/C26H22N4O2S4/c1-15-6-5-8-18(16(15)2)28-24(32)14-34-26-30-20-11-10-17(12-22(20)36-26)27-23(31)13-33-25-29-19-7-3-4-9-21(19)35-25/h3-12H,13-14H2,1-2H3,(H,27,31)(H,28,32). The Morgan fingerprint density at radius 1 is 0.778 bits per heavy atom. The van der Waals surface area contributed by atoms with E-state index in [0.717, 1.165) is 51.6 Å². The first-order valence-corrected chi connectivity index (χ1v) is 14.7. The van der Waals surface area contributed by atoms with E-state index in [1.165, 1.54) is 34.9 Å². The topological polar surface area (TPSA) is 84.0 Å². The summed E-state index contributed by atoms with van der Waals surface area (Å²) in [5, 5.41) is 5.94. The third-order valence-corrected chi connectivity index (χ3v) is 9.80. The predicted molar refractivity (Wildman–Crippen MR) is 154 cm³/mol. The number of thioether (sulfide) groups is 2. The molecule has 0 aliphatic heterocycles. The van der Waals surface area contributed by atoms with E-state index in [1.54, 1.807) is 11.3 Å². The molecule has 0 aliphatic carbocycles. The SMILES string of the molecule is Cc1cccc(NC(=O)CSc2nc3ccc(NC(=O)CSc4nc5ccccc5s4)cc3s2)c1C. The third kappa shape index (κ3) is 5.89. The zero-order valence-corrected chi connectivity index (χ0v) is 22.8. The monoisotopic (exact) mass is 550 g/mol. The van der Waals surface area contributed by atoms with Crippen LogP contribution in [0, 0.1) is 13.8 Å². The maximum atomic E-state index is 12.5. The fourth-order valence-electron chi connectivity index (χ4n) is 3.48. The fraction of sp³-hybridized carbons (Fsp3) is 0.154. The number of fused-ring (bicyclic) bond motifs is 2. The van der Waals surface area contributed by atoms with Crippen molar-refractivity contribution in [3.8, 4) is 0 Å². The van der Waals surface area contributed by atoms with E-state index in [1.807, 2.05) is 74.5 Å². The molecule has 3 aromatic carbocycles. The van der Waals surface area contributed by atoms with Crippen molar-refractivity contribution in [1.29, 1.82) is 0 Å². The highest BCUT2D eigenvalue weighted by Gasteiger charge is 2.12. The van der Waals surface area contributed by atoms with E-state index in [0.29, 0.717) is 0 Å². The molecule has 182 valence electrons. The molecule has 5 aromatic rings. The van der Waals surface area contributed by atoms with Crippen LogP contribution in [0.4, 0.5) is 11.4 Å². The molecule has 5 rings (SSSR count). The number of hydrogen-bond acceptors (Lipinski definition) is 8. The lowest BCUT2D eigenvalue weighted by molar-refractivity contribution is -0.114. The molecule has 2 N–H and O–H groups in total. The molecule has 2 heterocycles. The zero-order valence-electron chi connectivity index (χ0n) is 19.5. The lowest BCUT2D eigenvalue weighted by Crippen LogP contribution is -2.15. The normalized spacial score (nSPS) is 11.2. The first kappa shape index (κ1) is 24.8. The second-order valence-corrected chi connectivity index (χ2v) is 12.5. The molecule has 36 heavy (non-hydrogen) atoms. The van der Waals surface area contributed by atoms with Gasteiger partial charge in [0, 0.05) is 11.4 Å². The first-order valence-electron chi connectivity index (χ1n) is 11.1. The van der Waals surface area contributed by atoms with Crippen LogP contribution in [0.2, 0.25) is 0 Å². The van der Waals surface area contributed by atoms with E-state index in [-0.39, 0.29) is 23.3 Å². The smallest absolute Gasteiger partial charge is 0.234 e. The van der Waals surface area contributed by atoms with Crippen LogP contribution in [0.15, 0.2) is 69.3 Å². The van der Waals surface area contributed by atoms with Gasteiger partial charge in [0.05, 0.1) is 31.9 Å². The van der Waals surface area contributed by atoms with Crippen molar-refractivity contribution >= 4 is 89.8 Å². The van der Waals surface area contributed by atoms with Crippen LogP contribution in [0.3, 0.4) is 0 Å². The van der Waals surface area contributed by atoms with Crippen molar-refractivity contribution in [2.75, 3.05) is 22.1 Å². The fourth-order valence-corrected chi connectivity index (χ4v) is 7.26. The molecular formula is C26H22N4O2S4. The van der Waals surface area contributed by atoms with Crippen LogP contribution >= 0.6 is 46.2 Å². The highest BCUT2D eigenvalue weighted by molar-refractivity contribution is 8.02. The van der Waals surface area contributed by atoms with E-state index < -0.39 is 0 Å². The number of anilines is 2. The van der Waals surface area contributed by atoms with E-state index in [4.69, 9.17) is 0 Å². The van der Waals surface area contributed by atoms with Gasteiger partial charge in [-0.2, -0.15) is 0 Å². The number of thiazole rings is 2. The van der Waals surface area contributed by atoms with Crippen molar-refractivity contribution in [1.82, 2.24) is 9.97 Å². The Labute approximate surface area is 224 Å². The second kappa shape index (κ2) is 11.0. The van der Waals surface area contributed by atoms with Crippen LogP contribution in [0.5, 0.6) is 0 Å². The number of carbonyl (C=O) groups excluding carboxylic acids is 2. The van der Waals surface area contributed by atoms with E-state index in [9.17, 15) is 9.59 Å². The van der Waals surface area contributed by atoms with Crippen molar-refractivity contribution in [3.63, 3.8) is 0 Å². The molecule has 0 bridgehead atoms.